The molecule has 0 aromatic carbocycles. The van der Waals surface area contributed by atoms with Crippen LogP contribution in [0.25, 0.3) is 0 Å². The van der Waals surface area contributed by atoms with Gasteiger partial charge in [0.05, 0.1) is 13.3 Å². The minimum absolute atomic E-state index is 0.0722. The normalized spacial score (nSPS) is 15.4. The van der Waals surface area contributed by atoms with Crippen molar-refractivity contribution < 1.29 is 8.85 Å². The van der Waals surface area contributed by atoms with Crippen LogP contribution >= 0.6 is 0 Å². The molecule has 0 heterocycles. The summed E-state index contributed by atoms with van der Waals surface area (Å²) in [5.74, 6) is 0. The van der Waals surface area contributed by atoms with Gasteiger partial charge in [-0.3, -0.25) is 0 Å². The third-order valence-electron chi connectivity index (χ3n) is 4.97. The van der Waals surface area contributed by atoms with Crippen LogP contribution in [0.4, 0.5) is 0 Å². The van der Waals surface area contributed by atoms with Gasteiger partial charge in [0, 0.05) is 5.22 Å². The van der Waals surface area contributed by atoms with E-state index >= 15 is 0 Å². The summed E-state index contributed by atoms with van der Waals surface area (Å²) in [5, 5.41) is -0.0739. The lowest BCUT2D eigenvalue weighted by Gasteiger charge is -2.52. The molecule has 0 saturated carbocycles. The molecule has 21 heavy (non-hydrogen) atoms. The fourth-order valence-electron chi connectivity index (χ4n) is 3.11. The van der Waals surface area contributed by atoms with Crippen molar-refractivity contribution in [2.45, 2.75) is 103 Å². The second-order valence-electron chi connectivity index (χ2n) is 9.29. The Kier molecular flexibility index (Phi) is 6.77. The predicted octanol–water partition coefficient (Wildman–Crippen LogP) is 5.81. The van der Waals surface area contributed by atoms with Gasteiger partial charge >= 0.3 is 0 Å². The summed E-state index contributed by atoms with van der Waals surface area (Å²) in [4.78, 5) is 0. The first kappa shape index (κ1) is 21.6. The van der Waals surface area contributed by atoms with Crippen molar-refractivity contribution in [3.05, 3.63) is 0 Å². The van der Waals surface area contributed by atoms with E-state index in [2.05, 4.69) is 80.1 Å². The molecule has 0 rings (SSSR count). The van der Waals surface area contributed by atoms with Gasteiger partial charge in [-0.2, -0.15) is 0 Å². The van der Waals surface area contributed by atoms with Crippen LogP contribution < -0.4 is 0 Å². The topological polar surface area (TPSA) is 18.5 Å². The van der Waals surface area contributed by atoms with E-state index in [1.165, 1.54) is 0 Å². The first-order valence-corrected chi connectivity index (χ1v) is 18.3. The summed E-state index contributed by atoms with van der Waals surface area (Å²) in [6.45, 7) is 27.9. The van der Waals surface area contributed by atoms with Gasteiger partial charge in [0.1, 0.15) is 0 Å². The number of rotatable bonds is 8. The lowest BCUT2D eigenvalue weighted by Crippen LogP contribution is -2.66. The molecule has 0 N–H and O–H groups in total. The second-order valence-corrected chi connectivity index (χ2v) is 23.6. The van der Waals surface area contributed by atoms with E-state index in [9.17, 15) is 0 Å². The van der Waals surface area contributed by atoms with Crippen molar-refractivity contribution in [1.29, 1.82) is 0 Å². The number of hydrogen-bond acceptors (Lipinski definition) is 2. The lowest BCUT2D eigenvalue weighted by atomic mass is 10.2. The average Bonchev–Trinajstić information content (AvgIpc) is 2.20. The third-order valence-corrected chi connectivity index (χ3v) is 13.9. The molecule has 5 heteroatoms. The van der Waals surface area contributed by atoms with Crippen LogP contribution in [0.5, 0.6) is 0 Å². The summed E-state index contributed by atoms with van der Waals surface area (Å²) in [6, 6.07) is 0. The van der Waals surface area contributed by atoms with Crippen LogP contribution in [-0.2, 0) is 8.85 Å². The number of hydrogen-bond donors (Lipinski definition) is 0. The average molecular weight is 349 g/mol. The molecule has 0 radical (unpaired) electrons. The van der Waals surface area contributed by atoms with Gasteiger partial charge in [0.25, 0.3) is 0 Å². The maximum Gasteiger partial charge on any atom is 0.216 e. The summed E-state index contributed by atoms with van der Waals surface area (Å²) in [5.41, 5.74) is 0. The van der Waals surface area contributed by atoms with E-state index in [-0.39, 0.29) is 10.4 Å². The molecule has 0 saturated heterocycles. The van der Waals surface area contributed by atoms with Crippen LogP contribution in [0.2, 0.25) is 52.4 Å². The highest BCUT2D eigenvalue weighted by atomic mass is 28.4. The maximum absolute atomic E-state index is 7.00. The van der Waals surface area contributed by atoms with Crippen molar-refractivity contribution in [2.75, 3.05) is 0 Å². The molecule has 2 nitrogen and oxygen atoms in total. The Labute approximate surface area is 137 Å². The van der Waals surface area contributed by atoms with E-state index in [1.54, 1.807) is 0 Å². The van der Waals surface area contributed by atoms with Gasteiger partial charge < -0.3 is 8.85 Å². The van der Waals surface area contributed by atoms with Crippen LogP contribution in [0.3, 0.4) is 0 Å². The molecule has 0 amide bonds. The van der Waals surface area contributed by atoms with Gasteiger partial charge in [0.15, 0.2) is 8.32 Å². The van der Waals surface area contributed by atoms with Gasteiger partial charge in [-0.15, -0.1) is 0 Å². The van der Waals surface area contributed by atoms with Gasteiger partial charge in [-0.25, -0.2) is 0 Å². The smallest absolute Gasteiger partial charge is 0.216 e. The highest BCUT2D eigenvalue weighted by molar-refractivity contribution is 6.82. The minimum atomic E-state index is -1.98. The summed E-state index contributed by atoms with van der Waals surface area (Å²) in [6.07, 6.45) is 2.22. The van der Waals surface area contributed by atoms with Gasteiger partial charge in [-0.1, -0.05) is 33.5 Å². The third kappa shape index (κ3) is 5.30. The first-order chi connectivity index (χ1) is 9.04. The Morgan fingerprint density at radius 3 is 1.33 bits per heavy atom. The fourth-order valence-corrected chi connectivity index (χ4v) is 12.2. The van der Waals surface area contributed by atoms with Gasteiger partial charge in [0.2, 0.25) is 8.32 Å². The molecule has 0 spiro atoms. The molecular weight excluding hydrogens is 308 g/mol. The molecule has 0 aliphatic heterocycles. The Morgan fingerprint density at radius 2 is 1.10 bits per heavy atom. The Balaban J connectivity index is 5.51. The fraction of sp³-hybridized carbons (Fsp3) is 1.00. The Hall–Kier alpha value is 0.571. The van der Waals surface area contributed by atoms with Crippen molar-refractivity contribution in [3.63, 3.8) is 0 Å². The zero-order chi connectivity index (χ0) is 17.3. The Bertz CT molecular complexity index is 334. The van der Waals surface area contributed by atoms with Crippen LogP contribution in [-0.4, -0.2) is 35.2 Å². The second kappa shape index (κ2) is 6.59. The van der Waals surface area contributed by atoms with E-state index < -0.39 is 24.7 Å². The van der Waals surface area contributed by atoms with Crippen molar-refractivity contribution in [3.8, 4) is 0 Å². The molecule has 0 aromatic rings. The van der Waals surface area contributed by atoms with E-state index in [0.29, 0.717) is 0 Å². The van der Waals surface area contributed by atoms with Crippen molar-refractivity contribution in [2.24, 2.45) is 0 Å². The van der Waals surface area contributed by atoms with Crippen molar-refractivity contribution in [1.82, 2.24) is 0 Å². The van der Waals surface area contributed by atoms with Crippen molar-refractivity contribution >= 4 is 24.7 Å². The summed E-state index contributed by atoms with van der Waals surface area (Å²) in [7, 11) is -4.97. The highest BCUT2D eigenvalue weighted by Crippen LogP contribution is 2.39. The Morgan fingerprint density at radius 1 is 0.714 bits per heavy atom. The zero-order valence-electron chi connectivity index (χ0n) is 16.7. The molecule has 0 bridgehead atoms. The predicted molar refractivity (Wildman–Crippen MR) is 104 cm³/mol. The molecule has 0 atom stereocenters. The van der Waals surface area contributed by atoms with Crippen LogP contribution in [0.1, 0.15) is 40.5 Å². The largest absolute Gasteiger partial charge is 0.413 e. The maximum atomic E-state index is 7.00. The minimum Gasteiger partial charge on any atom is -0.413 e. The molecule has 0 aliphatic carbocycles. The van der Waals surface area contributed by atoms with Gasteiger partial charge in [-0.05, 0) is 59.4 Å². The SMILES string of the molecule is CCC(CC)(O[Si](C)(C)C(C)(C)O[Si](C)(C)C)[Si](C)(C)C. The highest BCUT2D eigenvalue weighted by Gasteiger charge is 2.52. The monoisotopic (exact) mass is 348 g/mol. The first-order valence-electron chi connectivity index (χ1n) is 8.44. The quantitative estimate of drug-likeness (QED) is 0.515. The molecule has 128 valence electrons. The van der Waals surface area contributed by atoms with E-state index in [1.807, 2.05) is 0 Å². The zero-order valence-corrected chi connectivity index (χ0v) is 19.7. The summed E-state index contributed by atoms with van der Waals surface area (Å²) >= 11 is 0. The molecular formula is C16H40O2Si3. The molecule has 0 fully saturated rings. The molecule has 0 aliphatic rings. The van der Waals surface area contributed by atoms with Crippen LogP contribution in [0.15, 0.2) is 0 Å². The standard InChI is InChI=1S/C16H40O2Si3/c1-13-16(14-2,19(5,6)7)18-21(11,12)15(3,4)17-20(8,9)10/h13-14H2,1-12H3. The van der Waals surface area contributed by atoms with Crippen LogP contribution in [0, 0.1) is 0 Å². The molecule has 0 unspecified atom stereocenters. The van der Waals surface area contributed by atoms with E-state index in [4.69, 9.17) is 8.85 Å². The lowest BCUT2D eigenvalue weighted by molar-refractivity contribution is 0.0757. The van der Waals surface area contributed by atoms with E-state index in [0.717, 1.165) is 12.8 Å². The summed E-state index contributed by atoms with van der Waals surface area (Å²) < 4.78 is 13.5. The molecule has 0 aromatic heterocycles.